The Morgan fingerprint density at radius 3 is 2.48 bits per heavy atom. The van der Waals surface area contributed by atoms with E-state index >= 15 is 0 Å². The van der Waals surface area contributed by atoms with Crippen LogP contribution in [0.1, 0.15) is 33.5 Å². The Bertz CT molecular complexity index is 569. The van der Waals surface area contributed by atoms with Crippen molar-refractivity contribution in [2.45, 2.75) is 34.6 Å². The van der Waals surface area contributed by atoms with E-state index in [0.717, 1.165) is 17.9 Å². The molecule has 114 valence electrons. The molecule has 0 saturated heterocycles. The molecule has 1 N–H and O–H groups in total. The molecular weight excluding hydrogens is 264 g/mol. The maximum atomic E-state index is 5.25. The Morgan fingerprint density at radius 2 is 1.90 bits per heavy atom. The van der Waals surface area contributed by atoms with Crippen LogP contribution >= 0.6 is 0 Å². The average molecular weight is 288 g/mol. The summed E-state index contributed by atoms with van der Waals surface area (Å²) in [5.74, 6) is 3.76. The molecule has 0 spiro atoms. The molecule has 0 aromatic carbocycles. The Balaban J connectivity index is 2.17. The zero-order chi connectivity index (χ0) is 15.4. The van der Waals surface area contributed by atoms with Gasteiger partial charge in [0.15, 0.2) is 5.82 Å². The molecule has 2 rings (SSSR count). The molecule has 2 aromatic rings. The number of aromatic nitrogens is 3. The van der Waals surface area contributed by atoms with Gasteiger partial charge in [-0.2, -0.15) is 4.98 Å². The molecule has 0 aliphatic carbocycles. The lowest BCUT2D eigenvalue weighted by Gasteiger charge is -2.25. The molecule has 21 heavy (non-hydrogen) atoms. The SMILES string of the molecule is Cc1noc(-c2cccnc2NCC(C(C)C)C(C)C)n1. The Labute approximate surface area is 126 Å². The van der Waals surface area contributed by atoms with Crippen LogP contribution in [0.25, 0.3) is 11.5 Å². The number of nitrogens with one attached hydrogen (secondary N) is 1. The number of pyridine rings is 1. The lowest BCUT2D eigenvalue weighted by molar-refractivity contribution is 0.304. The number of nitrogens with zero attached hydrogens (tertiary/aromatic N) is 3. The van der Waals surface area contributed by atoms with Gasteiger partial charge in [0.2, 0.25) is 0 Å². The van der Waals surface area contributed by atoms with E-state index < -0.39 is 0 Å². The number of hydrogen-bond acceptors (Lipinski definition) is 5. The smallest absolute Gasteiger partial charge is 0.261 e. The molecule has 2 heterocycles. The van der Waals surface area contributed by atoms with Gasteiger partial charge >= 0.3 is 0 Å². The molecule has 0 aliphatic rings. The zero-order valence-corrected chi connectivity index (χ0v) is 13.4. The minimum Gasteiger partial charge on any atom is -0.369 e. The quantitative estimate of drug-likeness (QED) is 0.876. The largest absolute Gasteiger partial charge is 0.369 e. The summed E-state index contributed by atoms with van der Waals surface area (Å²) in [6, 6.07) is 3.82. The lowest BCUT2D eigenvalue weighted by atomic mass is 9.85. The third-order valence-corrected chi connectivity index (χ3v) is 3.78. The molecule has 5 heteroatoms. The first-order valence-electron chi connectivity index (χ1n) is 7.48. The molecule has 0 saturated carbocycles. The second kappa shape index (κ2) is 6.70. The second-order valence-corrected chi connectivity index (χ2v) is 6.08. The van der Waals surface area contributed by atoms with Crippen molar-refractivity contribution in [3.8, 4) is 11.5 Å². The van der Waals surface area contributed by atoms with Crippen LogP contribution < -0.4 is 5.32 Å². The van der Waals surface area contributed by atoms with Gasteiger partial charge in [-0.15, -0.1) is 0 Å². The highest BCUT2D eigenvalue weighted by Gasteiger charge is 2.19. The molecule has 0 aliphatic heterocycles. The standard InChI is InChI=1S/C16H24N4O/c1-10(2)14(11(3)4)9-18-15-13(7-6-8-17-15)16-19-12(5)20-21-16/h6-8,10-11,14H,9H2,1-5H3,(H,17,18). The van der Waals surface area contributed by atoms with Crippen molar-refractivity contribution in [2.24, 2.45) is 17.8 Å². The van der Waals surface area contributed by atoms with Crippen molar-refractivity contribution < 1.29 is 4.52 Å². The van der Waals surface area contributed by atoms with Crippen molar-refractivity contribution >= 4 is 5.82 Å². The van der Waals surface area contributed by atoms with Crippen molar-refractivity contribution in [3.63, 3.8) is 0 Å². The van der Waals surface area contributed by atoms with Gasteiger partial charge in [0.25, 0.3) is 5.89 Å². The summed E-state index contributed by atoms with van der Waals surface area (Å²) in [5.41, 5.74) is 0.851. The van der Waals surface area contributed by atoms with E-state index in [0.29, 0.717) is 29.5 Å². The summed E-state index contributed by atoms with van der Waals surface area (Å²) in [5, 5.41) is 7.29. The lowest BCUT2D eigenvalue weighted by Crippen LogP contribution is -2.25. The fourth-order valence-electron chi connectivity index (χ4n) is 2.58. The highest BCUT2D eigenvalue weighted by Crippen LogP contribution is 2.26. The van der Waals surface area contributed by atoms with Crippen LogP contribution in [0.3, 0.4) is 0 Å². The predicted molar refractivity (Wildman–Crippen MR) is 83.9 cm³/mol. The molecule has 0 bridgehead atoms. The van der Waals surface area contributed by atoms with Gasteiger partial charge in [-0.05, 0) is 36.8 Å². The van der Waals surface area contributed by atoms with Gasteiger partial charge in [-0.3, -0.25) is 0 Å². The maximum Gasteiger partial charge on any atom is 0.261 e. The van der Waals surface area contributed by atoms with E-state index in [-0.39, 0.29) is 0 Å². The number of anilines is 1. The summed E-state index contributed by atoms with van der Waals surface area (Å²) in [6.07, 6.45) is 1.77. The van der Waals surface area contributed by atoms with Crippen LogP contribution in [0.15, 0.2) is 22.9 Å². The third kappa shape index (κ3) is 3.80. The van der Waals surface area contributed by atoms with Crippen molar-refractivity contribution in [1.82, 2.24) is 15.1 Å². The van der Waals surface area contributed by atoms with Crippen LogP contribution in [-0.2, 0) is 0 Å². The van der Waals surface area contributed by atoms with E-state index in [1.54, 1.807) is 6.20 Å². The monoisotopic (exact) mass is 288 g/mol. The predicted octanol–water partition coefficient (Wildman–Crippen LogP) is 3.78. The Hall–Kier alpha value is -1.91. The van der Waals surface area contributed by atoms with E-state index in [9.17, 15) is 0 Å². The van der Waals surface area contributed by atoms with Gasteiger partial charge in [0.05, 0.1) is 5.56 Å². The topological polar surface area (TPSA) is 63.8 Å². The normalized spacial score (nSPS) is 11.6. The van der Waals surface area contributed by atoms with Crippen molar-refractivity contribution in [2.75, 3.05) is 11.9 Å². The highest BCUT2D eigenvalue weighted by molar-refractivity contribution is 5.68. The van der Waals surface area contributed by atoms with E-state index in [1.165, 1.54) is 0 Å². The fraction of sp³-hybridized carbons (Fsp3) is 0.562. The van der Waals surface area contributed by atoms with Gasteiger partial charge in [0, 0.05) is 12.7 Å². The Kier molecular flexibility index (Phi) is 4.94. The summed E-state index contributed by atoms with van der Waals surface area (Å²) < 4.78 is 5.25. The zero-order valence-electron chi connectivity index (χ0n) is 13.4. The van der Waals surface area contributed by atoms with Gasteiger partial charge in [-0.1, -0.05) is 32.9 Å². The van der Waals surface area contributed by atoms with Gasteiger partial charge in [0.1, 0.15) is 5.82 Å². The molecular formula is C16H24N4O. The fourth-order valence-corrected chi connectivity index (χ4v) is 2.58. The minimum absolute atomic E-state index is 0.508. The molecule has 0 atom stereocenters. The van der Waals surface area contributed by atoms with E-state index in [2.05, 4.69) is 48.1 Å². The van der Waals surface area contributed by atoms with Crippen molar-refractivity contribution in [3.05, 3.63) is 24.2 Å². The van der Waals surface area contributed by atoms with Crippen LogP contribution in [0.2, 0.25) is 0 Å². The number of hydrogen-bond donors (Lipinski definition) is 1. The number of aryl methyl sites for hydroxylation is 1. The first-order chi connectivity index (χ1) is 9.99. The molecule has 0 radical (unpaired) electrons. The van der Waals surface area contributed by atoms with Crippen LogP contribution in [0.5, 0.6) is 0 Å². The second-order valence-electron chi connectivity index (χ2n) is 6.08. The first-order valence-corrected chi connectivity index (χ1v) is 7.48. The molecule has 0 fully saturated rings. The van der Waals surface area contributed by atoms with Crippen LogP contribution in [-0.4, -0.2) is 21.7 Å². The average Bonchev–Trinajstić information content (AvgIpc) is 2.85. The summed E-state index contributed by atoms with van der Waals surface area (Å²) >= 11 is 0. The summed E-state index contributed by atoms with van der Waals surface area (Å²) in [6.45, 7) is 11.7. The summed E-state index contributed by atoms with van der Waals surface area (Å²) in [4.78, 5) is 8.70. The molecule has 2 aromatic heterocycles. The van der Waals surface area contributed by atoms with E-state index in [1.807, 2.05) is 19.1 Å². The highest BCUT2D eigenvalue weighted by atomic mass is 16.5. The van der Waals surface area contributed by atoms with Crippen LogP contribution in [0, 0.1) is 24.7 Å². The molecule has 0 unspecified atom stereocenters. The third-order valence-electron chi connectivity index (χ3n) is 3.78. The Morgan fingerprint density at radius 1 is 1.19 bits per heavy atom. The van der Waals surface area contributed by atoms with Gasteiger partial charge < -0.3 is 9.84 Å². The first kappa shape index (κ1) is 15.5. The number of rotatable bonds is 6. The van der Waals surface area contributed by atoms with E-state index in [4.69, 9.17) is 4.52 Å². The van der Waals surface area contributed by atoms with Crippen LogP contribution in [0.4, 0.5) is 5.82 Å². The van der Waals surface area contributed by atoms with Gasteiger partial charge in [-0.25, -0.2) is 4.98 Å². The minimum atomic E-state index is 0.508. The molecule has 5 nitrogen and oxygen atoms in total. The molecule has 0 amide bonds. The van der Waals surface area contributed by atoms with Crippen molar-refractivity contribution in [1.29, 1.82) is 0 Å². The summed E-state index contributed by atoms with van der Waals surface area (Å²) in [7, 11) is 0. The maximum absolute atomic E-state index is 5.25.